The highest BCUT2D eigenvalue weighted by Gasteiger charge is 2.19. The molecule has 9 aromatic rings. The predicted molar refractivity (Wildman–Crippen MR) is 207 cm³/mol. The van der Waals surface area contributed by atoms with Crippen molar-refractivity contribution in [1.82, 2.24) is 9.55 Å². The second kappa shape index (κ2) is 12.1. The Morgan fingerprint density at radius 1 is 0.531 bits per heavy atom. The Morgan fingerprint density at radius 3 is 1.65 bits per heavy atom. The number of hydrogen-bond donors (Lipinski definition) is 0. The highest BCUT2D eigenvalue weighted by Crippen LogP contribution is 2.45. The third-order valence-electron chi connectivity index (χ3n) is 8.24. The SMILES string of the molecule is [2H]c1c([2H])c([2H])c(-c2cc(-c3c([2H])c([2H])c([2H])c([2H])c3[2H])cc(-c3c4c([2H])c([2H])c([2H])c([2H])c4c(-c4cccc(-n5c(C([2H])([2H])C([2H])([2H])[2H])nc6ccccc65)c4)c4c([2H])c([2H])c([2H])c([2H])c34)c2)c([2H])c1[2H]. The van der Waals surface area contributed by atoms with Crippen molar-refractivity contribution in [3.8, 4) is 50.2 Å². The monoisotopic (exact) mass is 649 g/mol. The molecule has 0 bridgehead atoms. The van der Waals surface area contributed by atoms with Crippen molar-refractivity contribution in [2.75, 3.05) is 0 Å². The summed E-state index contributed by atoms with van der Waals surface area (Å²) in [4.78, 5) is 4.40. The summed E-state index contributed by atoms with van der Waals surface area (Å²) in [5.74, 6) is -0.510. The minimum Gasteiger partial charge on any atom is -0.296 e. The molecule has 1 heterocycles. The maximum Gasteiger partial charge on any atom is 0.114 e. The molecule has 0 fully saturated rings. The van der Waals surface area contributed by atoms with E-state index in [9.17, 15) is 5.48 Å². The topological polar surface area (TPSA) is 17.8 Å². The minimum atomic E-state index is -3.22. The van der Waals surface area contributed by atoms with Crippen molar-refractivity contribution in [1.29, 1.82) is 0 Å². The summed E-state index contributed by atoms with van der Waals surface area (Å²) in [5, 5.41) is -1.32. The number of aromatic nitrogens is 2. The van der Waals surface area contributed by atoms with Gasteiger partial charge in [0.25, 0.3) is 0 Å². The molecule has 0 saturated heterocycles. The third-order valence-corrected chi connectivity index (χ3v) is 8.24. The van der Waals surface area contributed by atoms with E-state index < -0.39 is 139 Å². The molecule has 232 valence electrons. The van der Waals surface area contributed by atoms with Gasteiger partial charge in [-0.2, -0.15) is 0 Å². The minimum absolute atomic E-state index is 0.0509. The van der Waals surface area contributed by atoms with Gasteiger partial charge in [0.15, 0.2) is 0 Å². The number of imidazole rings is 1. The van der Waals surface area contributed by atoms with Crippen LogP contribution in [0, 0.1) is 0 Å². The van der Waals surface area contributed by atoms with E-state index in [0.717, 1.165) is 0 Å². The first-order valence-electron chi connectivity index (χ1n) is 26.5. The highest BCUT2D eigenvalue weighted by molar-refractivity contribution is 6.21. The average molecular weight is 650 g/mol. The largest absolute Gasteiger partial charge is 0.296 e. The van der Waals surface area contributed by atoms with Crippen molar-refractivity contribution < 1.29 is 31.5 Å². The molecule has 0 saturated carbocycles. The van der Waals surface area contributed by atoms with Crippen LogP contribution in [0.25, 0.3) is 82.8 Å². The van der Waals surface area contributed by atoms with Crippen LogP contribution in [0.4, 0.5) is 0 Å². The zero-order valence-electron chi connectivity index (χ0n) is 48.2. The van der Waals surface area contributed by atoms with Gasteiger partial charge < -0.3 is 0 Å². The van der Waals surface area contributed by atoms with Crippen molar-refractivity contribution in [2.24, 2.45) is 0 Å². The van der Waals surface area contributed by atoms with Gasteiger partial charge in [-0.15, -0.1) is 0 Å². The fourth-order valence-electron chi connectivity index (χ4n) is 6.22. The molecule has 8 aromatic carbocycles. The number of benzene rings is 8. The first-order valence-corrected chi connectivity index (χ1v) is 15.0. The van der Waals surface area contributed by atoms with Crippen LogP contribution in [0.3, 0.4) is 0 Å². The van der Waals surface area contributed by atoms with E-state index in [2.05, 4.69) is 4.98 Å². The molecule has 0 amide bonds. The Bertz CT molecular complexity index is 3650. The molecule has 0 aliphatic carbocycles. The van der Waals surface area contributed by atoms with Gasteiger partial charge in [0, 0.05) is 18.9 Å². The number of para-hydroxylation sites is 2. The molecule has 0 unspecified atom stereocenters. The summed E-state index contributed by atoms with van der Waals surface area (Å²) in [7, 11) is 0. The van der Waals surface area contributed by atoms with Crippen LogP contribution in [0.1, 0.15) is 44.2 Å². The van der Waals surface area contributed by atoms with Crippen LogP contribution < -0.4 is 0 Å². The molecule has 2 nitrogen and oxygen atoms in total. The van der Waals surface area contributed by atoms with Crippen LogP contribution in [0.5, 0.6) is 0 Å². The van der Waals surface area contributed by atoms with Gasteiger partial charge >= 0.3 is 0 Å². The zero-order chi connectivity index (χ0) is 52.7. The van der Waals surface area contributed by atoms with E-state index in [1.165, 1.54) is 47.0 Å². The average Bonchev–Trinajstić information content (AvgIpc) is 3.75. The van der Waals surface area contributed by atoms with E-state index in [1.807, 2.05) is 0 Å². The summed E-state index contributed by atoms with van der Waals surface area (Å²) in [5.41, 5.74) is -1.24. The van der Waals surface area contributed by atoms with Gasteiger partial charge in [-0.3, -0.25) is 4.57 Å². The fourth-order valence-corrected chi connectivity index (χ4v) is 6.22. The van der Waals surface area contributed by atoms with Crippen LogP contribution in [0.15, 0.2) is 175 Å². The number of aryl methyl sites for hydroxylation is 1. The lowest BCUT2D eigenvalue weighted by Crippen LogP contribution is -2.00. The van der Waals surface area contributed by atoms with Crippen LogP contribution in [-0.4, -0.2) is 9.55 Å². The summed E-state index contributed by atoms with van der Waals surface area (Å²) in [6.45, 7) is -3.22. The molecule has 49 heavy (non-hydrogen) atoms. The molecular weight excluding hydrogens is 593 g/mol. The second-order valence-electron chi connectivity index (χ2n) is 11.0. The molecule has 0 aliphatic rings. The number of nitrogens with zero attached hydrogens (tertiary/aromatic N) is 2. The zero-order valence-corrected chi connectivity index (χ0v) is 25.2. The lowest BCUT2D eigenvalue weighted by Gasteiger charge is -2.20. The van der Waals surface area contributed by atoms with Gasteiger partial charge in [-0.25, -0.2) is 4.98 Å². The van der Waals surface area contributed by atoms with Crippen LogP contribution >= 0.6 is 0 Å². The molecule has 0 N–H and O–H groups in total. The van der Waals surface area contributed by atoms with E-state index >= 15 is 0 Å². The van der Waals surface area contributed by atoms with E-state index in [4.69, 9.17) is 26.0 Å². The lowest BCUT2D eigenvalue weighted by atomic mass is 9.84. The quantitative estimate of drug-likeness (QED) is 0.164. The van der Waals surface area contributed by atoms with Crippen molar-refractivity contribution >= 4 is 32.6 Å². The van der Waals surface area contributed by atoms with Crippen molar-refractivity contribution in [2.45, 2.75) is 13.2 Å². The van der Waals surface area contributed by atoms with E-state index in [0.29, 0.717) is 0 Å². The molecule has 0 radical (unpaired) electrons. The molecule has 9 rings (SSSR count). The third kappa shape index (κ3) is 5.01. The normalized spacial score (nSPS) is 18.7. The van der Waals surface area contributed by atoms with Crippen molar-refractivity contribution in [3.63, 3.8) is 0 Å². The molecular formula is C47H34N2. The summed E-state index contributed by atoms with van der Waals surface area (Å²) >= 11 is 0. The van der Waals surface area contributed by atoms with Gasteiger partial charge in [-0.05, 0) is 109 Å². The maximum atomic E-state index is 9.55. The van der Waals surface area contributed by atoms with Gasteiger partial charge in [-0.1, -0.05) is 140 Å². The first-order chi connectivity index (χ1) is 33.6. The number of rotatable bonds is 6. The summed E-state index contributed by atoms with van der Waals surface area (Å²) in [6, 6.07) is 2.74. The standard InChI is InChI=1S/C47H34N2/c1-2-45-48-43-26-13-14-27-44(43)49(45)38-21-15-20-34(31-38)46-39-22-9-11-24-41(39)47(42-25-12-10-23-40(42)46)37-29-35(32-16-5-3-6-17-32)28-36(30-37)33-18-7-4-8-19-33/h3-31H,2H2,1H3/i1D3,2D2,3D,4D,5D,6D,7D,8D,9D,10D,11D,12D,16D,17D,18D,19D,22D,23D,24D,25D. The van der Waals surface area contributed by atoms with Crippen molar-refractivity contribution in [3.05, 3.63) is 181 Å². The molecule has 1 aromatic heterocycles. The lowest BCUT2D eigenvalue weighted by molar-refractivity contribution is 0.908. The summed E-state index contributed by atoms with van der Waals surface area (Å²) < 4.78 is 203. The Kier molecular flexibility index (Phi) is 3.38. The van der Waals surface area contributed by atoms with Crippen LogP contribution in [-0.2, 0) is 6.37 Å². The highest BCUT2D eigenvalue weighted by atomic mass is 15.1. The summed E-state index contributed by atoms with van der Waals surface area (Å²) in [6.07, 6.45) is -3.04. The predicted octanol–water partition coefficient (Wildman–Crippen LogP) is 12.6. The smallest absolute Gasteiger partial charge is 0.114 e. The Balaban J connectivity index is 1.51. The fraction of sp³-hybridized carbons (Fsp3) is 0.0426. The van der Waals surface area contributed by atoms with Gasteiger partial charge in [0.1, 0.15) is 5.82 Å². The Hall–Kier alpha value is -6.25. The molecule has 0 spiro atoms. The number of fused-ring (bicyclic) bond motifs is 3. The van der Waals surface area contributed by atoms with E-state index in [1.54, 1.807) is 24.3 Å². The second-order valence-corrected chi connectivity index (χ2v) is 11.0. The Labute approximate surface area is 318 Å². The molecule has 2 heteroatoms. The maximum absolute atomic E-state index is 9.55. The van der Waals surface area contributed by atoms with Gasteiger partial charge in [0.2, 0.25) is 0 Å². The molecule has 0 atom stereocenters. The van der Waals surface area contributed by atoms with Gasteiger partial charge in [0.05, 0.1) is 35.7 Å². The number of hydrogen-bond acceptors (Lipinski definition) is 1. The van der Waals surface area contributed by atoms with E-state index in [-0.39, 0.29) is 71.6 Å². The molecule has 0 aliphatic heterocycles. The van der Waals surface area contributed by atoms with Crippen LogP contribution in [0.2, 0.25) is 0 Å². The Morgan fingerprint density at radius 2 is 1.06 bits per heavy atom. The first kappa shape index (κ1) is 13.7.